The second kappa shape index (κ2) is 6.30. The highest BCUT2D eigenvalue weighted by molar-refractivity contribution is 7.13. The second-order valence-corrected chi connectivity index (χ2v) is 8.01. The molecule has 0 bridgehead atoms. The first-order valence-electron chi connectivity index (χ1n) is 8.64. The zero-order chi connectivity index (χ0) is 16.6. The first kappa shape index (κ1) is 15.8. The van der Waals surface area contributed by atoms with E-state index in [0.717, 1.165) is 22.8 Å². The quantitative estimate of drug-likeness (QED) is 0.901. The molecular formula is C19H22N2O2S. The fourth-order valence-corrected chi connectivity index (χ4v) is 4.46. The monoisotopic (exact) mass is 342 g/mol. The molecule has 1 aromatic heterocycles. The molecule has 4 rings (SSSR count). The minimum absolute atomic E-state index is 0.314. The molecule has 2 aliphatic rings. The van der Waals surface area contributed by atoms with Crippen molar-refractivity contribution in [3.63, 3.8) is 0 Å². The van der Waals surface area contributed by atoms with E-state index in [0.29, 0.717) is 11.0 Å². The van der Waals surface area contributed by atoms with Crippen molar-refractivity contribution in [1.29, 1.82) is 0 Å². The van der Waals surface area contributed by atoms with Crippen LogP contribution in [0.25, 0.3) is 10.6 Å². The van der Waals surface area contributed by atoms with Gasteiger partial charge in [0.25, 0.3) is 0 Å². The van der Waals surface area contributed by atoms with Crippen molar-refractivity contribution >= 4 is 17.3 Å². The van der Waals surface area contributed by atoms with Crippen LogP contribution in [-0.4, -0.2) is 34.0 Å². The molecule has 0 amide bonds. The van der Waals surface area contributed by atoms with Crippen LogP contribution in [0.2, 0.25) is 0 Å². The Hall–Kier alpha value is -1.72. The largest absolute Gasteiger partial charge is 0.478 e. The highest BCUT2D eigenvalue weighted by Crippen LogP contribution is 2.53. The summed E-state index contributed by atoms with van der Waals surface area (Å²) in [6.45, 7) is 3.31. The fraction of sp³-hybridized carbons (Fsp3) is 0.474. The number of aromatic nitrogens is 1. The van der Waals surface area contributed by atoms with Crippen molar-refractivity contribution in [3.05, 3.63) is 40.9 Å². The van der Waals surface area contributed by atoms with E-state index >= 15 is 0 Å². The molecule has 5 heteroatoms. The Morgan fingerprint density at radius 2 is 1.96 bits per heavy atom. The van der Waals surface area contributed by atoms with Gasteiger partial charge in [-0.1, -0.05) is 12.1 Å². The van der Waals surface area contributed by atoms with Crippen molar-refractivity contribution in [2.75, 3.05) is 13.1 Å². The van der Waals surface area contributed by atoms with Gasteiger partial charge < -0.3 is 5.11 Å². The Labute approximate surface area is 146 Å². The molecule has 2 aromatic rings. The van der Waals surface area contributed by atoms with E-state index in [2.05, 4.69) is 10.3 Å². The Bertz CT molecular complexity index is 734. The number of carbonyl (C=O) groups is 1. The SMILES string of the molecule is O=C(O)c1ccc(-c2nc(CN3CCCC4(CC3)CC4)cs2)cc1. The van der Waals surface area contributed by atoms with Crippen LogP contribution in [0.4, 0.5) is 0 Å². The van der Waals surface area contributed by atoms with Gasteiger partial charge in [0.2, 0.25) is 0 Å². The summed E-state index contributed by atoms with van der Waals surface area (Å²) in [7, 11) is 0. The van der Waals surface area contributed by atoms with Gasteiger partial charge in [0.1, 0.15) is 5.01 Å². The summed E-state index contributed by atoms with van der Waals surface area (Å²) in [4.78, 5) is 18.2. The number of likely N-dealkylation sites (tertiary alicyclic amines) is 1. The van der Waals surface area contributed by atoms with Gasteiger partial charge in [-0.3, -0.25) is 4.90 Å². The van der Waals surface area contributed by atoms with Crippen molar-refractivity contribution in [3.8, 4) is 10.6 Å². The minimum Gasteiger partial charge on any atom is -0.478 e. The predicted octanol–water partition coefficient (Wildman–Crippen LogP) is 4.27. The van der Waals surface area contributed by atoms with Gasteiger partial charge in [-0.25, -0.2) is 9.78 Å². The van der Waals surface area contributed by atoms with Crippen molar-refractivity contribution < 1.29 is 9.90 Å². The highest BCUT2D eigenvalue weighted by atomic mass is 32.1. The van der Waals surface area contributed by atoms with Crippen molar-refractivity contribution in [1.82, 2.24) is 9.88 Å². The number of carboxylic acids is 1. The molecule has 24 heavy (non-hydrogen) atoms. The molecule has 4 nitrogen and oxygen atoms in total. The Kier molecular flexibility index (Phi) is 4.14. The zero-order valence-electron chi connectivity index (χ0n) is 13.7. The molecule has 126 valence electrons. The molecule has 1 aliphatic carbocycles. The average Bonchev–Trinajstić information content (AvgIpc) is 3.26. The van der Waals surface area contributed by atoms with Gasteiger partial charge in [-0.2, -0.15) is 0 Å². The van der Waals surface area contributed by atoms with E-state index in [1.165, 1.54) is 45.2 Å². The van der Waals surface area contributed by atoms with E-state index in [9.17, 15) is 4.79 Å². The van der Waals surface area contributed by atoms with Gasteiger partial charge in [0, 0.05) is 17.5 Å². The number of aromatic carboxylic acids is 1. The lowest BCUT2D eigenvalue weighted by molar-refractivity contribution is 0.0697. The lowest BCUT2D eigenvalue weighted by atomic mass is 9.98. The average molecular weight is 342 g/mol. The molecule has 1 aromatic carbocycles. The maximum atomic E-state index is 10.9. The number of hydrogen-bond acceptors (Lipinski definition) is 4. The Balaban J connectivity index is 1.41. The Morgan fingerprint density at radius 3 is 2.67 bits per heavy atom. The molecule has 1 saturated carbocycles. The molecule has 0 atom stereocenters. The summed E-state index contributed by atoms with van der Waals surface area (Å²) in [5, 5.41) is 12.1. The third-order valence-electron chi connectivity index (χ3n) is 5.41. The first-order valence-corrected chi connectivity index (χ1v) is 9.52. The van der Waals surface area contributed by atoms with Gasteiger partial charge in [-0.15, -0.1) is 11.3 Å². The molecule has 1 aliphatic heterocycles. The predicted molar refractivity (Wildman–Crippen MR) is 95.3 cm³/mol. The number of hydrogen-bond donors (Lipinski definition) is 1. The van der Waals surface area contributed by atoms with Gasteiger partial charge in [-0.05, 0) is 62.7 Å². The normalized spacial score (nSPS) is 20.0. The van der Waals surface area contributed by atoms with Crippen LogP contribution in [0.1, 0.15) is 48.2 Å². The summed E-state index contributed by atoms with van der Waals surface area (Å²) in [5.74, 6) is -0.893. The molecule has 1 spiro atoms. The summed E-state index contributed by atoms with van der Waals surface area (Å²) >= 11 is 1.64. The standard InChI is InChI=1S/C19H22N2O2S/c22-18(23)15-4-2-14(3-5-15)17-20-16(13-24-17)12-21-10-1-6-19(7-8-19)9-11-21/h2-5,13H,1,6-12H2,(H,22,23). The van der Waals surface area contributed by atoms with Gasteiger partial charge >= 0.3 is 5.97 Å². The number of thiazole rings is 1. The number of carboxylic acid groups (broad SMARTS) is 1. The fourth-order valence-electron chi connectivity index (χ4n) is 3.64. The van der Waals surface area contributed by atoms with Crippen LogP contribution in [0, 0.1) is 5.41 Å². The molecule has 1 N–H and O–H groups in total. The summed E-state index contributed by atoms with van der Waals surface area (Å²) in [6, 6.07) is 6.97. The number of rotatable bonds is 4. The third kappa shape index (κ3) is 3.37. The molecular weight excluding hydrogens is 320 g/mol. The Morgan fingerprint density at radius 1 is 1.17 bits per heavy atom. The first-order chi connectivity index (χ1) is 11.6. The third-order valence-corrected chi connectivity index (χ3v) is 6.35. The van der Waals surface area contributed by atoms with E-state index in [1.54, 1.807) is 23.5 Å². The summed E-state index contributed by atoms with van der Waals surface area (Å²) in [6.07, 6.45) is 6.94. The number of benzene rings is 1. The van der Waals surface area contributed by atoms with E-state index in [4.69, 9.17) is 10.1 Å². The summed E-state index contributed by atoms with van der Waals surface area (Å²) in [5.41, 5.74) is 3.13. The van der Waals surface area contributed by atoms with Crippen LogP contribution in [0.15, 0.2) is 29.6 Å². The molecule has 1 saturated heterocycles. The molecule has 2 fully saturated rings. The highest BCUT2D eigenvalue weighted by Gasteiger charge is 2.42. The van der Waals surface area contributed by atoms with Gasteiger partial charge in [0.15, 0.2) is 0 Å². The maximum absolute atomic E-state index is 10.9. The lowest BCUT2D eigenvalue weighted by Crippen LogP contribution is -2.24. The maximum Gasteiger partial charge on any atom is 0.335 e. The molecule has 2 heterocycles. The smallest absolute Gasteiger partial charge is 0.335 e. The molecule has 0 radical (unpaired) electrons. The second-order valence-electron chi connectivity index (χ2n) is 7.16. The van der Waals surface area contributed by atoms with E-state index in [-0.39, 0.29) is 0 Å². The van der Waals surface area contributed by atoms with Crippen LogP contribution in [0.3, 0.4) is 0 Å². The van der Waals surface area contributed by atoms with Crippen molar-refractivity contribution in [2.24, 2.45) is 5.41 Å². The number of nitrogens with zero attached hydrogens (tertiary/aromatic N) is 2. The zero-order valence-corrected chi connectivity index (χ0v) is 14.5. The lowest BCUT2D eigenvalue weighted by Gasteiger charge is -2.18. The summed E-state index contributed by atoms with van der Waals surface area (Å²) < 4.78 is 0. The molecule has 0 unspecified atom stereocenters. The van der Waals surface area contributed by atoms with E-state index < -0.39 is 5.97 Å². The van der Waals surface area contributed by atoms with Crippen LogP contribution < -0.4 is 0 Å². The van der Waals surface area contributed by atoms with Crippen LogP contribution >= 0.6 is 11.3 Å². The van der Waals surface area contributed by atoms with Crippen molar-refractivity contribution in [2.45, 2.75) is 38.6 Å². The van der Waals surface area contributed by atoms with E-state index in [1.807, 2.05) is 12.1 Å². The van der Waals surface area contributed by atoms with Gasteiger partial charge in [0.05, 0.1) is 11.3 Å². The topological polar surface area (TPSA) is 53.4 Å². The minimum atomic E-state index is -0.893. The van der Waals surface area contributed by atoms with Crippen LogP contribution in [0.5, 0.6) is 0 Å². The van der Waals surface area contributed by atoms with Crippen LogP contribution in [-0.2, 0) is 6.54 Å².